The van der Waals surface area contributed by atoms with Crippen molar-refractivity contribution in [1.29, 1.82) is 0 Å². The van der Waals surface area contributed by atoms with Gasteiger partial charge in [-0.2, -0.15) is 5.10 Å². The molecular weight excluding hydrogens is 463 g/mol. The van der Waals surface area contributed by atoms with Gasteiger partial charge in [0.05, 0.1) is 23.4 Å². The van der Waals surface area contributed by atoms with Gasteiger partial charge in [0.1, 0.15) is 29.8 Å². The highest BCUT2D eigenvalue weighted by Crippen LogP contribution is 2.31. The lowest BCUT2D eigenvalue weighted by molar-refractivity contribution is -0.124. The van der Waals surface area contributed by atoms with E-state index in [9.17, 15) is 9.18 Å². The van der Waals surface area contributed by atoms with Crippen molar-refractivity contribution in [2.24, 2.45) is 0 Å². The van der Waals surface area contributed by atoms with E-state index < -0.39 is 18.1 Å². The van der Waals surface area contributed by atoms with Crippen LogP contribution in [0.25, 0.3) is 22.3 Å². The Labute approximate surface area is 208 Å². The molecule has 9 nitrogen and oxygen atoms in total. The normalized spacial score (nSPS) is 11.5. The first-order valence-electron chi connectivity index (χ1n) is 11.6. The van der Waals surface area contributed by atoms with Crippen LogP contribution in [0.2, 0.25) is 0 Å². The minimum Gasteiger partial charge on any atom is -0.491 e. The Morgan fingerprint density at radius 3 is 2.67 bits per heavy atom. The molecule has 2 heterocycles. The zero-order valence-corrected chi connectivity index (χ0v) is 20.6. The number of benzene rings is 2. The highest BCUT2D eigenvalue weighted by molar-refractivity contribution is 5.93. The summed E-state index contributed by atoms with van der Waals surface area (Å²) in [6.07, 6.45) is 1.67. The standard InChI is InChI=1S/C26H29FN6O3/c1-16(2)36-19-8-9-21-20(13-19)25(30-22-10-11-28-33-22)31-24(29-21)17-6-5-7-18(12-17)35-14-23(34)32-26(3,4)15-27/h5-13,16H,14-15H2,1-4H3,(H,32,34)(H2,28,29,30,31,33). The average Bonchev–Trinajstić information content (AvgIpc) is 3.35. The number of nitrogens with one attached hydrogen (secondary N) is 3. The summed E-state index contributed by atoms with van der Waals surface area (Å²) in [5, 5.41) is 13.5. The van der Waals surface area contributed by atoms with Crippen molar-refractivity contribution >= 4 is 28.4 Å². The van der Waals surface area contributed by atoms with Crippen LogP contribution in [0.5, 0.6) is 11.5 Å². The second kappa shape index (κ2) is 10.6. The summed E-state index contributed by atoms with van der Waals surface area (Å²) in [6, 6.07) is 14.6. The van der Waals surface area contributed by atoms with Crippen LogP contribution in [-0.4, -0.2) is 51.0 Å². The second-order valence-corrected chi connectivity index (χ2v) is 9.22. The second-order valence-electron chi connectivity index (χ2n) is 9.22. The molecule has 4 rings (SSSR count). The van der Waals surface area contributed by atoms with Gasteiger partial charge < -0.3 is 20.1 Å². The van der Waals surface area contributed by atoms with Crippen LogP contribution < -0.4 is 20.1 Å². The molecule has 188 valence electrons. The average molecular weight is 493 g/mol. The Morgan fingerprint density at radius 1 is 1.11 bits per heavy atom. The maximum Gasteiger partial charge on any atom is 0.258 e. The number of rotatable bonds is 10. The molecule has 0 radical (unpaired) electrons. The quantitative estimate of drug-likeness (QED) is 0.292. The maximum atomic E-state index is 13.0. The third-order valence-corrected chi connectivity index (χ3v) is 5.07. The van der Waals surface area contributed by atoms with E-state index in [0.29, 0.717) is 34.5 Å². The van der Waals surface area contributed by atoms with E-state index >= 15 is 0 Å². The van der Waals surface area contributed by atoms with E-state index in [2.05, 4.69) is 20.8 Å². The number of hydrogen-bond acceptors (Lipinski definition) is 7. The van der Waals surface area contributed by atoms with Crippen molar-refractivity contribution in [3.63, 3.8) is 0 Å². The van der Waals surface area contributed by atoms with Gasteiger partial charge in [0.15, 0.2) is 12.4 Å². The molecule has 2 aromatic heterocycles. The van der Waals surface area contributed by atoms with Crippen molar-refractivity contribution in [2.75, 3.05) is 18.6 Å². The molecule has 0 aliphatic carbocycles. The molecule has 4 aromatic rings. The number of anilines is 2. The smallest absolute Gasteiger partial charge is 0.258 e. The van der Waals surface area contributed by atoms with E-state index in [1.54, 1.807) is 44.3 Å². The van der Waals surface area contributed by atoms with Crippen molar-refractivity contribution in [3.05, 3.63) is 54.7 Å². The van der Waals surface area contributed by atoms with Crippen LogP contribution in [0.3, 0.4) is 0 Å². The fourth-order valence-electron chi connectivity index (χ4n) is 3.45. The van der Waals surface area contributed by atoms with E-state index in [-0.39, 0.29) is 12.7 Å². The number of alkyl halides is 1. The summed E-state index contributed by atoms with van der Waals surface area (Å²) < 4.78 is 24.5. The number of carbonyl (C=O) groups is 1. The first-order chi connectivity index (χ1) is 17.2. The number of fused-ring (bicyclic) bond motifs is 1. The lowest BCUT2D eigenvalue weighted by Gasteiger charge is -2.22. The van der Waals surface area contributed by atoms with Gasteiger partial charge >= 0.3 is 0 Å². The fourth-order valence-corrected chi connectivity index (χ4v) is 3.45. The Morgan fingerprint density at radius 2 is 1.94 bits per heavy atom. The topological polar surface area (TPSA) is 114 Å². The number of aromatic nitrogens is 4. The Hall–Kier alpha value is -4.21. The molecule has 0 aliphatic rings. The first kappa shape index (κ1) is 24.9. The van der Waals surface area contributed by atoms with Crippen LogP contribution >= 0.6 is 0 Å². The highest BCUT2D eigenvalue weighted by atomic mass is 19.1. The van der Waals surface area contributed by atoms with Gasteiger partial charge in [-0.05, 0) is 58.0 Å². The minimum absolute atomic E-state index is 0.0273. The molecule has 0 saturated heterocycles. The third kappa shape index (κ3) is 6.26. The Kier molecular flexibility index (Phi) is 7.33. The predicted octanol–water partition coefficient (Wildman–Crippen LogP) is 4.79. The number of hydrogen-bond donors (Lipinski definition) is 3. The highest BCUT2D eigenvalue weighted by Gasteiger charge is 2.20. The molecule has 1 amide bonds. The molecule has 2 aromatic carbocycles. The van der Waals surface area contributed by atoms with Crippen molar-refractivity contribution in [3.8, 4) is 22.9 Å². The molecule has 0 fully saturated rings. The molecule has 3 N–H and O–H groups in total. The number of H-pyrrole nitrogens is 1. The number of nitrogens with zero attached hydrogens (tertiary/aromatic N) is 3. The monoisotopic (exact) mass is 492 g/mol. The molecule has 0 unspecified atom stereocenters. The van der Waals surface area contributed by atoms with Crippen LogP contribution in [0, 0.1) is 0 Å². The van der Waals surface area contributed by atoms with Crippen molar-refractivity contribution < 1.29 is 18.7 Å². The largest absolute Gasteiger partial charge is 0.491 e. The lowest BCUT2D eigenvalue weighted by Crippen LogP contribution is -2.47. The summed E-state index contributed by atoms with van der Waals surface area (Å²) in [4.78, 5) is 21.6. The van der Waals surface area contributed by atoms with Gasteiger partial charge in [0.2, 0.25) is 0 Å². The summed E-state index contributed by atoms with van der Waals surface area (Å²) in [7, 11) is 0. The van der Waals surface area contributed by atoms with Crippen molar-refractivity contribution in [2.45, 2.75) is 39.3 Å². The van der Waals surface area contributed by atoms with E-state index in [0.717, 1.165) is 10.9 Å². The number of ether oxygens (including phenoxy) is 2. The van der Waals surface area contributed by atoms with Gasteiger partial charge in [-0.3, -0.25) is 9.89 Å². The van der Waals surface area contributed by atoms with E-state index in [4.69, 9.17) is 19.4 Å². The molecule has 36 heavy (non-hydrogen) atoms. The summed E-state index contributed by atoms with van der Waals surface area (Å²) in [5.74, 6) is 2.49. The molecule has 0 bridgehead atoms. The van der Waals surface area contributed by atoms with E-state index in [1.807, 2.05) is 38.1 Å². The number of amides is 1. The van der Waals surface area contributed by atoms with Gasteiger partial charge in [-0.15, -0.1) is 0 Å². The molecular formula is C26H29FN6O3. The van der Waals surface area contributed by atoms with Gasteiger partial charge in [-0.1, -0.05) is 12.1 Å². The number of halogens is 1. The van der Waals surface area contributed by atoms with Crippen molar-refractivity contribution in [1.82, 2.24) is 25.5 Å². The minimum atomic E-state index is -0.945. The maximum absolute atomic E-state index is 13.0. The van der Waals surface area contributed by atoms with Crippen LogP contribution in [0.4, 0.5) is 16.0 Å². The van der Waals surface area contributed by atoms with Crippen LogP contribution in [-0.2, 0) is 4.79 Å². The van der Waals surface area contributed by atoms with Crippen LogP contribution in [0.1, 0.15) is 27.7 Å². The molecule has 10 heteroatoms. The number of carbonyl (C=O) groups excluding carboxylic acids is 1. The lowest BCUT2D eigenvalue weighted by atomic mass is 10.1. The fraction of sp³-hybridized carbons (Fsp3) is 0.308. The van der Waals surface area contributed by atoms with E-state index in [1.165, 1.54) is 0 Å². The summed E-state index contributed by atoms with van der Waals surface area (Å²) in [5.41, 5.74) is 0.477. The summed E-state index contributed by atoms with van der Waals surface area (Å²) >= 11 is 0. The molecule has 0 spiro atoms. The zero-order valence-electron chi connectivity index (χ0n) is 20.6. The van der Waals surface area contributed by atoms with Gasteiger partial charge in [0.25, 0.3) is 5.91 Å². The van der Waals surface area contributed by atoms with Crippen LogP contribution in [0.15, 0.2) is 54.7 Å². The SMILES string of the molecule is CC(C)Oc1ccc2nc(-c3cccc(OCC(=O)NC(C)(C)CF)c3)nc(Nc3ccn[nH]3)c2c1. The van der Waals surface area contributed by atoms with Gasteiger partial charge in [0, 0.05) is 17.0 Å². The summed E-state index contributed by atoms with van der Waals surface area (Å²) in [6.45, 7) is 6.23. The number of aromatic amines is 1. The molecule has 0 atom stereocenters. The van der Waals surface area contributed by atoms with Gasteiger partial charge in [-0.25, -0.2) is 14.4 Å². The Bertz CT molecular complexity index is 1340. The zero-order chi connectivity index (χ0) is 25.7. The Balaban J connectivity index is 1.63. The molecule has 0 aliphatic heterocycles. The third-order valence-electron chi connectivity index (χ3n) is 5.07. The predicted molar refractivity (Wildman–Crippen MR) is 136 cm³/mol. The molecule has 0 saturated carbocycles. The first-order valence-corrected chi connectivity index (χ1v) is 11.6.